The lowest BCUT2D eigenvalue weighted by atomic mass is 10.1. The number of nitrogens with zero attached hydrogens (tertiary/aromatic N) is 1. The highest BCUT2D eigenvalue weighted by Crippen LogP contribution is 2.12. The molecule has 3 heteroatoms. The van der Waals surface area contributed by atoms with Gasteiger partial charge in [0, 0.05) is 12.2 Å². The normalized spacial score (nSPS) is 10.9. The van der Waals surface area contributed by atoms with Gasteiger partial charge in [0.15, 0.2) is 0 Å². The van der Waals surface area contributed by atoms with Crippen molar-refractivity contribution in [2.24, 2.45) is 0 Å². The molecule has 1 heterocycles. The van der Waals surface area contributed by atoms with Crippen LogP contribution in [0.1, 0.15) is 25.2 Å². The minimum Gasteiger partial charge on any atom is -0.467 e. The molecular weight excluding hydrogens is 248 g/mol. The van der Waals surface area contributed by atoms with Gasteiger partial charge in [-0.1, -0.05) is 26.0 Å². The van der Waals surface area contributed by atoms with Crippen molar-refractivity contribution in [3.63, 3.8) is 0 Å². The molecule has 0 unspecified atom stereocenters. The predicted octanol–water partition coefficient (Wildman–Crippen LogP) is 3.78. The van der Waals surface area contributed by atoms with Crippen LogP contribution in [0, 0.1) is 0 Å². The maximum Gasteiger partial charge on any atom is 0.122 e. The molecule has 2 rings (SSSR count). The Bertz CT molecular complexity index is 472. The zero-order valence-electron chi connectivity index (χ0n) is 12.4. The van der Waals surface area contributed by atoms with Gasteiger partial charge in [-0.05, 0) is 49.3 Å². The largest absolute Gasteiger partial charge is 0.467 e. The van der Waals surface area contributed by atoms with Crippen molar-refractivity contribution in [1.29, 1.82) is 0 Å². The fourth-order valence-electron chi connectivity index (χ4n) is 2.22. The van der Waals surface area contributed by atoms with E-state index >= 15 is 0 Å². The summed E-state index contributed by atoms with van der Waals surface area (Å²) in [7, 11) is 0. The molecule has 0 saturated heterocycles. The maximum atomic E-state index is 5.30. The molecule has 0 bridgehead atoms. The minimum absolute atomic E-state index is 0.728. The Balaban J connectivity index is 1.80. The molecule has 1 N–H and O–H groups in total. The average Bonchev–Trinajstić information content (AvgIpc) is 3.01. The molecule has 0 amide bonds. The monoisotopic (exact) mass is 272 g/mol. The molecule has 108 valence electrons. The van der Waals surface area contributed by atoms with E-state index < -0.39 is 0 Å². The molecule has 0 aliphatic rings. The number of anilines is 1. The van der Waals surface area contributed by atoms with Gasteiger partial charge in [-0.3, -0.25) is 0 Å². The molecule has 0 aliphatic carbocycles. The van der Waals surface area contributed by atoms with Crippen molar-refractivity contribution >= 4 is 5.69 Å². The van der Waals surface area contributed by atoms with Gasteiger partial charge in [-0.25, -0.2) is 0 Å². The van der Waals surface area contributed by atoms with Crippen LogP contribution < -0.4 is 5.32 Å². The lowest BCUT2D eigenvalue weighted by molar-refractivity contribution is 0.308. The second kappa shape index (κ2) is 7.75. The number of furan rings is 1. The van der Waals surface area contributed by atoms with Crippen molar-refractivity contribution < 1.29 is 4.42 Å². The van der Waals surface area contributed by atoms with E-state index in [0.717, 1.165) is 44.0 Å². The second-order valence-electron chi connectivity index (χ2n) is 4.91. The zero-order chi connectivity index (χ0) is 14.2. The van der Waals surface area contributed by atoms with Crippen molar-refractivity contribution in [2.75, 3.05) is 25.0 Å². The Kier molecular flexibility index (Phi) is 5.69. The van der Waals surface area contributed by atoms with Crippen LogP contribution in [0.15, 0.2) is 47.1 Å². The number of benzene rings is 1. The smallest absolute Gasteiger partial charge is 0.122 e. The van der Waals surface area contributed by atoms with Gasteiger partial charge in [0.05, 0.1) is 12.8 Å². The number of hydrogen-bond donors (Lipinski definition) is 1. The number of nitrogens with one attached hydrogen (secondary N) is 1. The second-order valence-corrected chi connectivity index (χ2v) is 4.91. The van der Waals surface area contributed by atoms with E-state index in [4.69, 9.17) is 4.42 Å². The van der Waals surface area contributed by atoms with Crippen LogP contribution in [0.2, 0.25) is 0 Å². The fourth-order valence-corrected chi connectivity index (χ4v) is 2.22. The molecule has 0 spiro atoms. The van der Waals surface area contributed by atoms with Gasteiger partial charge in [-0.2, -0.15) is 0 Å². The van der Waals surface area contributed by atoms with Gasteiger partial charge < -0.3 is 14.6 Å². The molecule has 2 aromatic rings. The molecule has 0 aliphatic heterocycles. The van der Waals surface area contributed by atoms with Gasteiger partial charge in [0.1, 0.15) is 5.76 Å². The third kappa shape index (κ3) is 4.42. The number of hydrogen-bond acceptors (Lipinski definition) is 3. The summed E-state index contributed by atoms with van der Waals surface area (Å²) in [6.07, 6.45) is 2.81. The van der Waals surface area contributed by atoms with Crippen LogP contribution in [0.3, 0.4) is 0 Å². The maximum absolute atomic E-state index is 5.30. The summed E-state index contributed by atoms with van der Waals surface area (Å²) < 4.78 is 5.30. The van der Waals surface area contributed by atoms with Crippen LogP contribution in [0.25, 0.3) is 0 Å². The Labute approximate surface area is 121 Å². The van der Waals surface area contributed by atoms with Crippen molar-refractivity contribution in [3.8, 4) is 0 Å². The summed E-state index contributed by atoms with van der Waals surface area (Å²) in [6.45, 7) is 8.53. The first-order valence-corrected chi connectivity index (χ1v) is 7.39. The zero-order valence-corrected chi connectivity index (χ0v) is 12.4. The lowest BCUT2D eigenvalue weighted by Gasteiger charge is -2.17. The first-order chi connectivity index (χ1) is 9.81. The van der Waals surface area contributed by atoms with Gasteiger partial charge in [0.2, 0.25) is 0 Å². The minimum atomic E-state index is 0.728. The standard InChI is InChI=1S/C17H24N2O/c1-3-19(4-2)12-11-15-7-9-16(10-8-15)18-14-17-6-5-13-20-17/h5-10,13,18H,3-4,11-12,14H2,1-2H3. The average molecular weight is 272 g/mol. The third-order valence-electron chi connectivity index (χ3n) is 3.61. The van der Waals surface area contributed by atoms with Crippen molar-refractivity contribution in [1.82, 2.24) is 4.90 Å². The van der Waals surface area contributed by atoms with E-state index in [-0.39, 0.29) is 0 Å². The topological polar surface area (TPSA) is 28.4 Å². The SMILES string of the molecule is CCN(CC)CCc1ccc(NCc2ccco2)cc1. The molecule has 20 heavy (non-hydrogen) atoms. The summed E-state index contributed by atoms with van der Waals surface area (Å²) in [5.74, 6) is 0.954. The van der Waals surface area contributed by atoms with Crippen LogP contribution >= 0.6 is 0 Å². The van der Waals surface area contributed by atoms with E-state index in [0.29, 0.717) is 0 Å². The highest BCUT2D eigenvalue weighted by Gasteiger charge is 2.01. The van der Waals surface area contributed by atoms with Gasteiger partial charge >= 0.3 is 0 Å². The van der Waals surface area contributed by atoms with E-state index in [9.17, 15) is 0 Å². The van der Waals surface area contributed by atoms with Crippen LogP contribution in [0.5, 0.6) is 0 Å². The van der Waals surface area contributed by atoms with Crippen LogP contribution in [0.4, 0.5) is 5.69 Å². The quantitative estimate of drug-likeness (QED) is 0.793. The fraction of sp³-hybridized carbons (Fsp3) is 0.412. The van der Waals surface area contributed by atoms with Gasteiger partial charge in [0.25, 0.3) is 0 Å². The van der Waals surface area contributed by atoms with Crippen molar-refractivity contribution in [2.45, 2.75) is 26.8 Å². The first-order valence-electron chi connectivity index (χ1n) is 7.39. The third-order valence-corrected chi connectivity index (χ3v) is 3.61. The van der Waals surface area contributed by atoms with E-state index in [1.807, 2.05) is 12.1 Å². The Hall–Kier alpha value is -1.74. The van der Waals surface area contributed by atoms with Crippen molar-refractivity contribution in [3.05, 3.63) is 54.0 Å². The summed E-state index contributed by atoms with van der Waals surface area (Å²) >= 11 is 0. The highest BCUT2D eigenvalue weighted by atomic mass is 16.3. The Morgan fingerprint density at radius 3 is 2.40 bits per heavy atom. The summed E-state index contributed by atoms with van der Waals surface area (Å²) in [5.41, 5.74) is 2.52. The van der Waals surface area contributed by atoms with Gasteiger partial charge in [-0.15, -0.1) is 0 Å². The molecule has 1 aromatic carbocycles. The Morgan fingerprint density at radius 2 is 1.80 bits per heavy atom. The molecule has 1 aromatic heterocycles. The van der Waals surface area contributed by atoms with E-state index in [1.165, 1.54) is 5.56 Å². The molecule has 0 radical (unpaired) electrons. The lowest BCUT2D eigenvalue weighted by Crippen LogP contribution is -2.25. The number of rotatable bonds is 8. The van der Waals surface area contributed by atoms with Crippen LogP contribution in [-0.2, 0) is 13.0 Å². The molecule has 3 nitrogen and oxygen atoms in total. The molecule has 0 atom stereocenters. The summed E-state index contributed by atoms with van der Waals surface area (Å²) in [6, 6.07) is 12.6. The first kappa shape index (κ1) is 14.7. The highest BCUT2D eigenvalue weighted by molar-refractivity contribution is 5.44. The molecule has 0 fully saturated rings. The number of likely N-dealkylation sites (N-methyl/N-ethyl adjacent to an activating group) is 1. The molecule has 0 saturated carbocycles. The molecular formula is C17H24N2O. The summed E-state index contributed by atoms with van der Waals surface area (Å²) in [5, 5.41) is 3.36. The van der Waals surface area contributed by atoms with Crippen LogP contribution in [-0.4, -0.2) is 24.5 Å². The van der Waals surface area contributed by atoms with E-state index in [2.05, 4.69) is 48.3 Å². The summed E-state index contributed by atoms with van der Waals surface area (Å²) in [4.78, 5) is 2.45. The Morgan fingerprint density at radius 1 is 1.05 bits per heavy atom. The van der Waals surface area contributed by atoms with E-state index in [1.54, 1.807) is 6.26 Å². The predicted molar refractivity (Wildman–Crippen MR) is 84.0 cm³/mol.